The van der Waals surface area contributed by atoms with E-state index in [0.717, 1.165) is 72.7 Å². The molecule has 3 aromatic heterocycles. The molecule has 2 amide bonds. The molecule has 0 radical (unpaired) electrons. The molecule has 1 fully saturated rings. The maximum Gasteiger partial charge on any atom is 0.274 e. The molecule has 2 N–H and O–H groups in total. The van der Waals surface area contributed by atoms with Crippen LogP contribution in [0.2, 0.25) is 0 Å². The fraction of sp³-hybridized carbons (Fsp3) is 0.368. The van der Waals surface area contributed by atoms with E-state index in [1.54, 1.807) is 26.1 Å². The number of methoxy groups -OCH3 is 1. The number of piperazine rings is 1. The van der Waals surface area contributed by atoms with Gasteiger partial charge in [-0.3, -0.25) is 14.5 Å². The van der Waals surface area contributed by atoms with Gasteiger partial charge in [0.15, 0.2) is 0 Å². The molecule has 50 heavy (non-hydrogen) atoms. The molecule has 0 unspecified atom stereocenters. The predicted molar refractivity (Wildman–Crippen MR) is 198 cm³/mol. The summed E-state index contributed by atoms with van der Waals surface area (Å²) in [4.78, 5) is 47.3. The van der Waals surface area contributed by atoms with Gasteiger partial charge in [0.05, 0.1) is 30.7 Å². The maximum atomic E-state index is 14.0. The molecule has 12 nitrogen and oxygen atoms in total. The molecule has 1 saturated heterocycles. The molecule has 2 aliphatic rings. The Morgan fingerprint density at radius 2 is 1.72 bits per heavy atom. The van der Waals surface area contributed by atoms with Crippen LogP contribution in [0.15, 0.2) is 60.9 Å². The monoisotopic (exact) mass is 675 g/mol. The number of amides is 2. The van der Waals surface area contributed by atoms with E-state index < -0.39 is 0 Å². The summed E-state index contributed by atoms with van der Waals surface area (Å²) in [6, 6.07) is 16.3. The molecule has 2 aromatic carbocycles. The summed E-state index contributed by atoms with van der Waals surface area (Å²) in [5.41, 5.74) is 8.18. The number of carbonyl (C=O) groups is 2. The number of ether oxygens (including phenoxy) is 1. The van der Waals surface area contributed by atoms with Gasteiger partial charge < -0.3 is 34.3 Å². The van der Waals surface area contributed by atoms with Crippen molar-refractivity contribution in [1.82, 2.24) is 29.3 Å². The number of fused-ring (bicyclic) bond motifs is 2. The smallest absolute Gasteiger partial charge is 0.274 e. The summed E-state index contributed by atoms with van der Waals surface area (Å²) in [7, 11) is 5.24. The number of hydrogen-bond acceptors (Lipinski definition) is 8. The zero-order chi connectivity index (χ0) is 34.9. The number of aryl methyl sites for hydroxylation is 2. The number of aromatic nitrogens is 4. The molecule has 0 atom stereocenters. The van der Waals surface area contributed by atoms with Gasteiger partial charge in [-0.2, -0.15) is 4.98 Å². The van der Waals surface area contributed by atoms with E-state index in [4.69, 9.17) is 14.7 Å². The average molecular weight is 676 g/mol. The van der Waals surface area contributed by atoms with Gasteiger partial charge in [-0.1, -0.05) is 32.0 Å². The molecular weight excluding hydrogens is 630 g/mol. The number of H-pyrrole nitrogens is 1. The van der Waals surface area contributed by atoms with Crippen molar-refractivity contribution in [3.8, 4) is 17.0 Å². The van der Waals surface area contributed by atoms with Gasteiger partial charge in [-0.25, -0.2) is 4.98 Å². The predicted octanol–water partition coefficient (Wildman–Crippen LogP) is 5.17. The van der Waals surface area contributed by atoms with Crippen LogP contribution in [0.4, 0.5) is 23.0 Å². The van der Waals surface area contributed by atoms with E-state index in [0.29, 0.717) is 42.7 Å². The average Bonchev–Trinajstić information content (AvgIpc) is 3.80. The van der Waals surface area contributed by atoms with Crippen molar-refractivity contribution in [1.29, 1.82) is 0 Å². The molecule has 0 bridgehead atoms. The van der Waals surface area contributed by atoms with Crippen LogP contribution >= 0.6 is 0 Å². The highest BCUT2D eigenvalue weighted by Crippen LogP contribution is 2.36. The molecule has 0 saturated carbocycles. The normalized spacial score (nSPS) is 15.0. The SMILES string of the molecule is CCc1cccc(CC)c1N1CCn2cc(-c3nc(Nc4ccc(N5CCN(CC(=O)N(C)C)CC5)cc4OC)nc4[nH]ccc34)cc2C1=O. The Bertz CT molecular complexity index is 2020. The summed E-state index contributed by atoms with van der Waals surface area (Å²) in [5.74, 6) is 1.22. The van der Waals surface area contributed by atoms with Crippen molar-refractivity contribution >= 4 is 45.9 Å². The van der Waals surface area contributed by atoms with Gasteiger partial charge in [0.25, 0.3) is 5.91 Å². The van der Waals surface area contributed by atoms with Crippen molar-refractivity contribution in [3.05, 3.63) is 77.7 Å². The van der Waals surface area contributed by atoms with Crippen LogP contribution in [0.5, 0.6) is 5.75 Å². The number of rotatable bonds is 10. The molecule has 2 aliphatic heterocycles. The van der Waals surface area contributed by atoms with E-state index in [9.17, 15) is 9.59 Å². The number of hydrogen-bond donors (Lipinski definition) is 2. The van der Waals surface area contributed by atoms with Crippen LogP contribution in [0.3, 0.4) is 0 Å². The van der Waals surface area contributed by atoms with E-state index in [1.807, 2.05) is 46.1 Å². The lowest BCUT2D eigenvalue weighted by Gasteiger charge is -2.36. The van der Waals surface area contributed by atoms with Gasteiger partial charge in [-0.15, -0.1) is 0 Å². The standard InChI is InChI=1S/C38H45N9O3/c1-6-25-9-8-10-26(7-2)35(25)47-20-19-46-23-27(21-31(46)37(47)49)34-29-13-14-39-36(29)42-38(41-34)40-30-12-11-28(22-32(30)50-5)45-17-15-44(16-18-45)24-33(48)43(3)4/h8-14,21-23H,6-7,15-20,24H2,1-5H3,(H2,39,40,41,42). The van der Waals surface area contributed by atoms with Crippen LogP contribution in [-0.4, -0.2) is 102 Å². The second-order valence-corrected chi connectivity index (χ2v) is 13.1. The first kappa shape index (κ1) is 33.2. The minimum atomic E-state index is 0.00380. The third-order valence-electron chi connectivity index (χ3n) is 9.88. The number of carbonyl (C=O) groups excluding carboxylic acids is 2. The van der Waals surface area contributed by atoms with Crippen LogP contribution in [0.25, 0.3) is 22.3 Å². The van der Waals surface area contributed by atoms with Gasteiger partial charge in [0, 0.05) is 88.5 Å². The molecule has 0 spiro atoms. The van der Waals surface area contributed by atoms with Gasteiger partial charge in [0.2, 0.25) is 11.9 Å². The number of nitrogens with zero attached hydrogens (tertiary/aromatic N) is 7. The summed E-state index contributed by atoms with van der Waals surface area (Å²) < 4.78 is 7.87. The minimum absolute atomic E-state index is 0.00380. The molecule has 5 aromatic rings. The Morgan fingerprint density at radius 3 is 2.42 bits per heavy atom. The summed E-state index contributed by atoms with van der Waals surface area (Å²) in [6.45, 7) is 9.29. The fourth-order valence-electron chi connectivity index (χ4n) is 7.04. The molecule has 260 valence electrons. The highest BCUT2D eigenvalue weighted by Gasteiger charge is 2.30. The Kier molecular flexibility index (Phi) is 9.20. The van der Waals surface area contributed by atoms with Crippen LogP contribution < -0.4 is 19.9 Å². The molecule has 7 rings (SSSR count). The van der Waals surface area contributed by atoms with Crippen LogP contribution in [-0.2, 0) is 24.2 Å². The third-order valence-corrected chi connectivity index (χ3v) is 9.88. The number of anilines is 4. The number of nitrogens with one attached hydrogen (secondary N) is 2. The van der Waals surface area contributed by atoms with Gasteiger partial charge >= 0.3 is 0 Å². The third kappa shape index (κ3) is 6.26. The number of likely N-dealkylation sites (N-methyl/N-ethyl adjacent to an activating group) is 1. The second kappa shape index (κ2) is 13.9. The highest BCUT2D eigenvalue weighted by molar-refractivity contribution is 6.08. The zero-order valence-electron chi connectivity index (χ0n) is 29.5. The fourth-order valence-corrected chi connectivity index (χ4v) is 7.04. The van der Waals surface area contributed by atoms with Crippen molar-refractivity contribution in [3.63, 3.8) is 0 Å². The lowest BCUT2D eigenvalue weighted by atomic mass is 10.0. The Labute approximate surface area is 292 Å². The molecule has 0 aliphatic carbocycles. The van der Waals surface area contributed by atoms with Crippen molar-refractivity contribution in [2.24, 2.45) is 0 Å². The Balaban J connectivity index is 1.13. The van der Waals surface area contributed by atoms with E-state index in [1.165, 1.54) is 11.1 Å². The van der Waals surface area contributed by atoms with E-state index in [2.05, 4.69) is 58.2 Å². The Hall–Kier alpha value is -5.36. The lowest BCUT2D eigenvalue weighted by Crippen LogP contribution is -2.49. The second-order valence-electron chi connectivity index (χ2n) is 13.1. The summed E-state index contributed by atoms with van der Waals surface area (Å²) in [6.07, 6.45) is 5.62. The summed E-state index contributed by atoms with van der Waals surface area (Å²) >= 11 is 0. The van der Waals surface area contributed by atoms with Crippen LogP contribution in [0.1, 0.15) is 35.5 Å². The maximum absolute atomic E-state index is 14.0. The highest BCUT2D eigenvalue weighted by atomic mass is 16.5. The first-order chi connectivity index (χ1) is 24.3. The minimum Gasteiger partial charge on any atom is -0.494 e. The number of benzene rings is 2. The molecule has 12 heteroatoms. The van der Waals surface area contributed by atoms with Crippen molar-refractivity contribution in [2.75, 3.05) is 75.6 Å². The van der Waals surface area contributed by atoms with Crippen molar-refractivity contribution in [2.45, 2.75) is 33.2 Å². The zero-order valence-corrected chi connectivity index (χ0v) is 29.5. The van der Waals surface area contributed by atoms with Crippen LogP contribution in [0, 0.1) is 0 Å². The van der Waals surface area contributed by atoms with E-state index >= 15 is 0 Å². The number of aromatic amines is 1. The van der Waals surface area contributed by atoms with Gasteiger partial charge in [0.1, 0.15) is 17.1 Å². The topological polar surface area (TPSA) is 115 Å². The molecule has 5 heterocycles. The van der Waals surface area contributed by atoms with E-state index in [-0.39, 0.29) is 11.8 Å². The van der Waals surface area contributed by atoms with Gasteiger partial charge in [-0.05, 0) is 48.2 Å². The lowest BCUT2D eigenvalue weighted by molar-refractivity contribution is -0.129. The largest absolute Gasteiger partial charge is 0.494 e. The quantitative estimate of drug-likeness (QED) is 0.208. The Morgan fingerprint density at radius 1 is 0.960 bits per heavy atom. The number of para-hydroxylation sites is 1. The first-order valence-corrected chi connectivity index (χ1v) is 17.4. The molecular formula is C38H45N9O3. The first-order valence-electron chi connectivity index (χ1n) is 17.4. The summed E-state index contributed by atoms with van der Waals surface area (Å²) in [5, 5.41) is 4.27. The van der Waals surface area contributed by atoms with Crippen molar-refractivity contribution < 1.29 is 14.3 Å².